The second kappa shape index (κ2) is 6.09. The number of hydrogen-bond donors (Lipinski definition) is 0. The molecule has 0 N–H and O–H groups in total. The fraction of sp³-hybridized carbons (Fsp3) is 0.150. The van der Waals surface area contributed by atoms with E-state index >= 15 is 0 Å². The molecule has 23 heavy (non-hydrogen) atoms. The van der Waals surface area contributed by atoms with Crippen molar-refractivity contribution in [3.8, 4) is 0 Å². The normalized spacial score (nSPS) is 17.8. The van der Waals surface area contributed by atoms with E-state index in [4.69, 9.17) is 0 Å². The first-order chi connectivity index (χ1) is 11.3. The quantitative estimate of drug-likeness (QED) is 0.702. The van der Waals surface area contributed by atoms with Gasteiger partial charge in [0.15, 0.2) is 0 Å². The van der Waals surface area contributed by atoms with Gasteiger partial charge in [-0.1, -0.05) is 72.8 Å². The Morgan fingerprint density at radius 2 is 1.65 bits per heavy atom. The molecule has 1 unspecified atom stereocenters. The molecule has 1 aliphatic heterocycles. The first-order valence-corrected chi connectivity index (χ1v) is 8.80. The van der Waals surface area contributed by atoms with Gasteiger partial charge in [-0.3, -0.25) is 4.79 Å². The Bertz CT molecular complexity index is 841. The third-order valence-corrected chi connectivity index (χ3v) is 5.49. The summed E-state index contributed by atoms with van der Waals surface area (Å²) in [4.78, 5) is 14.4. The van der Waals surface area contributed by atoms with Gasteiger partial charge in [-0.05, 0) is 21.9 Å². The minimum absolute atomic E-state index is 0.0915. The van der Waals surface area contributed by atoms with Crippen molar-refractivity contribution in [3.05, 3.63) is 83.9 Å². The zero-order valence-corrected chi connectivity index (χ0v) is 13.5. The second-order valence-corrected chi connectivity index (χ2v) is 6.81. The van der Waals surface area contributed by atoms with Gasteiger partial charge in [0.05, 0.1) is 5.75 Å². The summed E-state index contributed by atoms with van der Waals surface area (Å²) >= 11 is 1.72. The molecule has 3 heteroatoms. The Balaban J connectivity index is 1.73. The highest BCUT2D eigenvalue weighted by Crippen LogP contribution is 2.42. The van der Waals surface area contributed by atoms with E-state index in [0.717, 1.165) is 0 Å². The lowest BCUT2D eigenvalue weighted by Gasteiger charge is -2.25. The predicted octanol–water partition coefficient (Wildman–Crippen LogP) is 4.61. The maximum Gasteiger partial charge on any atom is 0.234 e. The van der Waals surface area contributed by atoms with Crippen LogP contribution in [0.5, 0.6) is 0 Å². The summed E-state index contributed by atoms with van der Waals surface area (Å²) in [5.74, 6) is 0.776. The third kappa shape index (κ3) is 2.73. The maximum absolute atomic E-state index is 12.4. The highest BCUT2D eigenvalue weighted by Gasteiger charge is 2.33. The lowest BCUT2D eigenvalue weighted by atomic mass is 10.0. The zero-order chi connectivity index (χ0) is 15.6. The zero-order valence-electron chi connectivity index (χ0n) is 12.7. The van der Waals surface area contributed by atoms with Crippen LogP contribution in [0.15, 0.2) is 72.8 Å². The summed E-state index contributed by atoms with van der Waals surface area (Å²) in [6.07, 6.45) is 0. The van der Waals surface area contributed by atoms with Gasteiger partial charge in [0, 0.05) is 6.54 Å². The van der Waals surface area contributed by atoms with Crippen LogP contribution in [0.2, 0.25) is 0 Å². The van der Waals surface area contributed by atoms with E-state index in [0.29, 0.717) is 12.3 Å². The summed E-state index contributed by atoms with van der Waals surface area (Å²) in [6.45, 7) is 0.667. The molecule has 1 heterocycles. The van der Waals surface area contributed by atoms with E-state index in [1.54, 1.807) is 11.8 Å². The van der Waals surface area contributed by atoms with Gasteiger partial charge in [0.2, 0.25) is 5.91 Å². The maximum atomic E-state index is 12.4. The average Bonchev–Trinajstić information content (AvgIpc) is 2.96. The molecule has 1 atom stereocenters. The van der Waals surface area contributed by atoms with Gasteiger partial charge in [-0.25, -0.2) is 0 Å². The molecule has 0 radical (unpaired) electrons. The van der Waals surface area contributed by atoms with Crippen molar-refractivity contribution in [3.63, 3.8) is 0 Å². The van der Waals surface area contributed by atoms with Crippen LogP contribution in [-0.2, 0) is 11.3 Å². The molecule has 1 fully saturated rings. The average molecular weight is 319 g/mol. The highest BCUT2D eigenvalue weighted by molar-refractivity contribution is 8.00. The first kappa shape index (κ1) is 14.3. The van der Waals surface area contributed by atoms with Gasteiger partial charge >= 0.3 is 0 Å². The molecule has 1 amide bonds. The molecule has 4 rings (SSSR count). The Kier molecular flexibility index (Phi) is 3.80. The molecular weight excluding hydrogens is 302 g/mol. The number of thioether (sulfide) groups is 1. The van der Waals surface area contributed by atoms with Crippen molar-refractivity contribution in [2.45, 2.75) is 11.9 Å². The summed E-state index contributed by atoms with van der Waals surface area (Å²) in [6, 6.07) is 25.0. The van der Waals surface area contributed by atoms with Crippen molar-refractivity contribution in [1.82, 2.24) is 4.90 Å². The first-order valence-electron chi connectivity index (χ1n) is 7.75. The minimum atomic E-state index is 0.0915. The Morgan fingerprint density at radius 1 is 0.913 bits per heavy atom. The largest absolute Gasteiger partial charge is 0.321 e. The van der Waals surface area contributed by atoms with E-state index in [2.05, 4.69) is 54.6 Å². The third-order valence-electron chi connectivity index (χ3n) is 4.25. The standard InChI is InChI=1S/C20H17NOS/c22-19-14-23-20(21(19)13-15-7-2-1-3-8-15)18-12-6-10-16-9-4-5-11-17(16)18/h1-12,20H,13-14H2. The van der Waals surface area contributed by atoms with Crippen molar-refractivity contribution in [2.75, 3.05) is 5.75 Å². The monoisotopic (exact) mass is 319 g/mol. The van der Waals surface area contributed by atoms with Crippen LogP contribution < -0.4 is 0 Å². The van der Waals surface area contributed by atoms with Gasteiger partial charge < -0.3 is 4.90 Å². The molecule has 0 aliphatic carbocycles. The molecule has 0 aromatic heterocycles. The number of fused-ring (bicyclic) bond motifs is 1. The highest BCUT2D eigenvalue weighted by atomic mass is 32.2. The molecule has 0 spiro atoms. The van der Waals surface area contributed by atoms with Gasteiger partial charge in [-0.15, -0.1) is 11.8 Å². The van der Waals surface area contributed by atoms with Crippen LogP contribution in [0.25, 0.3) is 10.8 Å². The summed E-state index contributed by atoms with van der Waals surface area (Å²) in [5, 5.41) is 2.55. The van der Waals surface area contributed by atoms with E-state index in [-0.39, 0.29) is 11.3 Å². The predicted molar refractivity (Wildman–Crippen MR) is 96.1 cm³/mol. The molecule has 114 valence electrons. The summed E-state index contributed by atoms with van der Waals surface area (Å²) < 4.78 is 0. The number of carbonyl (C=O) groups excluding carboxylic acids is 1. The fourth-order valence-electron chi connectivity index (χ4n) is 3.13. The van der Waals surface area contributed by atoms with E-state index < -0.39 is 0 Å². The lowest BCUT2D eigenvalue weighted by Crippen LogP contribution is -2.27. The molecule has 0 bridgehead atoms. The lowest BCUT2D eigenvalue weighted by molar-refractivity contribution is -0.128. The minimum Gasteiger partial charge on any atom is -0.321 e. The molecule has 1 saturated heterocycles. The smallest absolute Gasteiger partial charge is 0.234 e. The number of nitrogens with zero attached hydrogens (tertiary/aromatic N) is 1. The number of rotatable bonds is 3. The van der Waals surface area contributed by atoms with Gasteiger partial charge in [0.1, 0.15) is 5.37 Å². The van der Waals surface area contributed by atoms with Crippen molar-refractivity contribution in [2.24, 2.45) is 0 Å². The number of benzene rings is 3. The van der Waals surface area contributed by atoms with Crippen LogP contribution in [0, 0.1) is 0 Å². The van der Waals surface area contributed by atoms with Crippen molar-refractivity contribution in [1.29, 1.82) is 0 Å². The van der Waals surface area contributed by atoms with Gasteiger partial charge in [0.25, 0.3) is 0 Å². The Morgan fingerprint density at radius 3 is 2.52 bits per heavy atom. The second-order valence-electron chi connectivity index (χ2n) is 5.74. The molecule has 3 aromatic rings. The number of carbonyl (C=O) groups is 1. The van der Waals surface area contributed by atoms with Crippen molar-refractivity contribution < 1.29 is 4.79 Å². The van der Waals surface area contributed by atoms with Crippen molar-refractivity contribution >= 4 is 28.4 Å². The summed E-state index contributed by atoms with van der Waals surface area (Å²) in [7, 11) is 0. The Hall–Kier alpha value is -2.26. The number of amides is 1. The van der Waals surface area contributed by atoms with Crippen LogP contribution in [0.4, 0.5) is 0 Å². The summed E-state index contributed by atoms with van der Waals surface area (Å²) in [5.41, 5.74) is 2.41. The topological polar surface area (TPSA) is 20.3 Å². The van der Waals surface area contributed by atoms with Crippen LogP contribution in [-0.4, -0.2) is 16.6 Å². The molecule has 1 aliphatic rings. The van der Waals surface area contributed by atoms with E-state index in [9.17, 15) is 4.79 Å². The SMILES string of the molecule is O=C1CSC(c2cccc3ccccc23)N1Cc1ccccc1. The van der Waals surface area contributed by atoms with Gasteiger partial charge in [-0.2, -0.15) is 0 Å². The van der Waals surface area contributed by atoms with Crippen LogP contribution in [0.1, 0.15) is 16.5 Å². The molecular formula is C20H17NOS. The number of hydrogen-bond acceptors (Lipinski definition) is 2. The van der Waals surface area contributed by atoms with Crippen LogP contribution in [0.3, 0.4) is 0 Å². The van der Waals surface area contributed by atoms with Crippen LogP contribution >= 0.6 is 11.8 Å². The molecule has 0 saturated carbocycles. The van der Waals surface area contributed by atoms with E-state index in [1.807, 2.05) is 23.1 Å². The fourth-order valence-corrected chi connectivity index (χ4v) is 4.35. The Labute approximate surface area is 140 Å². The van der Waals surface area contributed by atoms with E-state index in [1.165, 1.54) is 21.9 Å². The molecule has 3 aromatic carbocycles. The molecule has 2 nitrogen and oxygen atoms in total.